The minimum absolute atomic E-state index is 0.140. The van der Waals surface area contributed by atoms with Gasteiger partial charge in [-0.1, -0.05) is 17.7 Å². The van der Waals surface area contributed by atoms with Crippen LogP contribution >= 0.6 is 11.6 Å². The van der Waals surface area contributed by atoms with Gasteiger partial charge in [-0.15, -0.1) is 5.10 Å². The molecule has 0 spiro atoms. The highest BCUT2D eigenvalue weighted by atomic mass is 35.5. The summed E-state index contributed by atoms with van der Waals surface area (Å²) in [6, 6.07) is 9.54. The van der Waals surface area contributed by atoms with Crippen LogP contribution in [0.25, 0.3) is 5.65 Å². The zero-order chi connectivity index (χ0) is 16.4. The van der Waals surface area contributed by atoms with Crippen molar-refractivity contribution in [3.8, 4) is 0 Å². The Bertz CT molecular complexity index is 907. The average Bonchev–Trinajstić information content (AvgIpc) is 2.95. The first kappa shape index (κ1) is 15.0. The summed E-state index contributed by atoms with van der Waals surface area (Å²) in [5.41, 5.74) is 1.13. The summed E-state index contributed by atoms with van der Waals surface area (Å²) in [5, 5.41) is 7.19. The summed E-state index contributed by atoms with van der Waals surface area (Å²) in [7, 11) is 1.28. The number of carbonyl (C=O) groups excluding carboxylic acids is 2. The number of pyridine rings is 1. The van der Waals surface area contributed by atoms with Crippen molar-refractivity contribution in [3.63, 3.8) is 0 Å². The van der Waals surface area contributed by atoms with Crippen LogP contribution in [-0.2, 0) is 4.74 Å². The Morgan fingerprint density at radius 3 is 2.78 bits per heavy atom. The minimum atomic E-state index is -0.514. The first-order chi connectivity index (χ1) is 11.1. The third-order valence-corrected chi connectivity index (χ3v) is 3.29. The molecular weight excluding hydrogens is 320 g/mol. The van der Waals surface area contributed by atoms with Crippen LogP contribution in [0.5, 0.6) is 0 Å². The molecule has 0 saturated carbocycles. The molecule has 0 fully saturated rings. The van der Waals surface area contributed by atoms with Crippen LogP contribution in [0.2, 0.25) is 5.02 Å². The summed E-state index contributed by atoms with van der Waals surface area (Å²) in [6.45, 7) is 0. The normalized spacial score (nSPS) is 10.5. The number of methoxy groups -OCH3 is 1. The molecule has 1 amide bonds. The Kier molecular flexibility index (Phi) is 3.94. The number of esters is 1. The highest BCUT2D eigenvalue weighted by molar-refractivity contribution is 6.30. The van der Waals surface area contributed by atoms with Gasteiger partial charge in [0.25, 0.3) is 5.91 Å². The van der Waals surface area contributed by atoms with Crippen molar-refractivity contribution >= 4 is 35.1 Å². The van der Waals surface area contributed by atoms with Gasteiger partial charge in [0.05, 0.1) is 17.7 Å². The van der Waals surface area contributed by atoms with Crippen LogP contribution in [0.4, 0.5) is 5.95 Å². The van der Waals surface area contributed by atoms with Crippen molar-refractivity contribution in [1.29, 1.82) is 0 Å². The molecule has 116 valence electrons. The summed E-state index contributed by atoms with van der Waals surface area (Å²) in [6.07, 6.45) is 1.58. The fourth-order valence-electron chi connectivity index (χ4n) is 1.99. The van der Waals surface area contributed by atoms with Crippen molar-refractivity contribution in [1.82, 2.24) is 14.6 Å². The maximum atomic E-state index is 12.2. The molecule has 1 N–H and O–H groups in total. The quantitative estimate of drug-likeness (QED) is 0.745. The van der Waals surface area contributed by atoms with Crippen LogP contribution in [0.1, 0.15) is 20.7 Å². The predicted octanol–water partition coefficient (Wildman–Crippen LogP) is 2.42. The smallest absolute Gasteiger partial charge is 0.337 e. The number of nitrogens with one attached hydrogen (secondary N) is 1. The summed E-state index contributed by atoms with van der Waals surface area (Å²) < 4.78 is 6.09. The third-order valence-electron chi connectivity index (χ3n) is 3.07. The number of amides is 1. The van der Waals surface area contributed by atoms with Gasteiger partial charge in [0.15, 0.2) is 5.65 Å². The van der Waals surface area contributed by atoms with E-state index in [9.17, 15) is 9.59 Å². The van der Waals surface area contributed by atoms with Crippen molar-refractivity contribution in [3.05, 3.63) is 58.7 Å². The van der Waals surface area contributed by atoms with E-state index in [1.165, 1.54) is 17.7 Å². The Morgan fingerprint density at radius 2 is 2.00 bits per heavy atom. The molecule has 0 saturated heterocycles. The summed E-state index contributed by atoms with van der Waals surface area (Å²) in [4.78, 5) is 27.9. The number of halogens is 1. The van der Waals surface area contributed by atoms with E-state index in [0.29, 0.717) is 16.2 Å². The lowest BCUT2D eigenvalue weighted by atomic mass is 10.1. The van der Waals surface area contributed by atoms with E-state index in [1.807, 2.05) is 0 Å². The number of benzene rings is 1. The van der Waals surface area contributed by atoms with Gasteiger partial charge < -0.3 is 4.74 Å². The predicted molar refractivity (Wildman–Crippen MR) is 83.7 cm³/mol. The highest BCUT2D eigenvalue weighted by Crippen LogP contribution is 2.13. The average molecular weight is 331 g/mol. The molecule has 2 heterocycles. The van der Waals surface area contributed by atoms with Crippen LogP contribution in [0.3, 0.4) is 0 Å². The second-order valence-electron chi connectivity index (χ2n) is 4.61. The van der Waals surface area contributed by atoms with Crippen molar-refractivity contribution in [2.24, 2.45) is 0 Å². The van der Waals surface area contributed by atoms with E-state index >= 15 is 0 Å². The van der Waals surface area contributed by atoms with Crippen LogP contribution in [0, 0.1) is 0 Å². The fourth-order valence-corrected chi connectivity index (χ4v) is 2.15. The van der Waals surface area contributed by atoms with Gasteiger partial charge in [-0.2, -0.15) is 4.98 Å². The van der Waals surface area contributed by atoms with Gasteiger partial charge in [0.1, 0.15) is 0 Å². The lowest BCUT2D eigenvalue weighted by Gasteiger charge is -2.03. The Labute approximate surface area is 135 Å². The zero-order valence-electron chi connectivity index (χ0n) is 12.0. The van der Waals surface area contributed by atoms with Gasteiger partial charge >= 0.3 is 5.97 Å². The van der Waals surface area contributed by atoms with Gasteiger partial charge in [-0.05, 0) is 30.3 Å². The van der Waals surface area contributed by atoms with Crippen molar-refractivity contribution in [2.75, 3.05) is 12.4 Å². The monoisotopic (exact) mass is 330 g/mol. The zero-order valence-corrected chi connectivity index (χ0v) is 12.7. The topological polar surface area (TPSA) is 85.6 Å². The van der Waals surface area contributed by atoms with E-state index in [4.69, 9.17) is 11.6 Å². The standard InChI is InChI=1S/C15H11ClN4O3/c1-23-14(22)10-4-2-3-9(7-10)13(21)18-15-17-12-6-5-11(16)8-20(12)19-15/h2-8H,1H3,(H,18,19,21). The minimum Gasteiger partial charge on any atom is -0.465 e. The van der Waals surface area contributed by atoms with Gasteiger partial charge in [0.2, 0.25) is 5.95 Å². The number of aromatic nitrogens is 3. The molecule has 0 aliphatic carbocycles. The van der Waals surface area contributed by atoms with Gasteiger partial charge in [-0.25, -0.2) is 9.31 Å². The summed E-state index contributed by atoms with van der Waals surface area (Å²) >= 11 is 5.87. The van der Waals surface area contributed by atoms with Gasteiger partial charge in [-0.3, -0.25) is 10.1 Å². The number of fused-ring (bicyclic) bond motifs is 1. The first-order valence-corrected chi connectivity index (χ1v) is 6.96. The molecule has 1 aromatic carbocycles. The molecule has 0 aliphatic heterocycles. The number of rotatable bonds is 3. The molecule has 8 heteroatoms. The highest BCUT2D eigenvalue weighted by Gasteiger charge is 2.13. The largest absolute Gasteiger partial charge is 0.465 e. The number of hydrogen-bond acceptors (Lipinski definition) is 5. The molecule has 2 aromatic heterocycles. The van der Waals surface area contributed by atoms with Crippen molar-refractivity contribution in [2.45, 2.75) is 0 Å². The maximum Gasteiger partial charge on any atom is 0.337 e. The molecule has 0 bridgehead atoms. The Balaban J connectivity index is 1.84. The maximum absolute atomic E-state index is 12.2. The Morgan fingerprint density at radius 1 is 1.22 bits per heavy atom. The second-order valence-corrected chi connectivity index (χ2v) is 5.05. The van der Waals surface area contributed by atoms with Crippen LogP contribution in [0.15, 0.2) is 42.6 Å². The van der Waals surface area contributed by atoms with Crippen LogP contribution in [-0.4, -0.2) is 33.6 Å². The van der Waals surface area contributed by atoms with E-state index in [2.05, 4.69) is 20.1 Å². The lowest BCUT2D eigenvalue weighted by Crippen LogP contribution is -2.14. The van der Waals surface area contributed by atoms with Gasteiger partial charge in [0, 0.05) is 11.8 Å². The number of carbonyl (C=O) groups is 2. The first-order valence-electron chi connectivity index (χ1n) is 6.58. The molecular formula is C15H11ClN4O3. The number of ether oxygens (including phenoxy) is 1. The second kappa shape index (κ2) is 6.05. The molecule has 23 heavy (non-hydrogen) atoms. The van der Waals surface area contributed by atoms with E-state index < -0.39 is 11.9 Å². The SMILES string of the molecule is COC(=O)c1cccc(C(=O)Nc2nc3ccc(Cl)cn3n2)c1. The molecule has 0 atom stereocenters. The lowest BCUT2D eigenvalue weighted by molar-refractivity contribution is 0.0600. The number of nitrogens with zero attached hydrogens (tertiary/aromatic N) is 3. The molecule has 3 rings (SSSR count). The van der Waals surface area contributed by atoms with E-state index in [-0.39, 0.29) is 11.5 Å². The molecule has 0 radical (unpaired) electrons. The number of anilines is 1. The van der Waals surface area contributed by atoms with E-state index in [1.54, 1.807) is 36.5 Å². The van der Waals surface area contributed by atoms with Crippen molar-refractivity contribution < 1.29 is 14.3 Å². The molecule has 0 aliphatic rings. The molecule has 7 nitrogen and oxygen atoms in total. The Hall–Kier alpha value is -2.93. The molecule has 3 aromatic rings. The third kappa shape index (κ3) is 3.14. The summed E-state index contributed by atoms with van der Waals surface area (Å²) in [5.74, 6) is -0.807. The fraction of sp³-hybridized carbons (Fsp3) is 0.0667. The van der Waals surface area contributed by atoms with E-state index in [0.717, 1.165) is 0 Å². The van der Waals surface area contributed by atoms with Crippen LogP contribution < -0.4 is 5.32 Å². The number of hydrogen-bond donors (Lipinski definition) is 1. The molecule has 0 unspecified atom stereocenters.